The number of carbonyl (C=O) groups is 1. The average molecular weight is 288 g/mol. The number of ketones is 1. The minimum atomic E-state index is -0.904. The van der Waals surface area contributed by atoms with Crippen LogP contribution in [0.4, 0.5) is 0 Å². The Balaban J connectivity index is 2.45. The maximum atomic E-state index is 12.6. The summed E-state index contributed by atoms with van der Waals surface area (Å²) in [7, 11) is 1.76. The number of hydrogen-bond acceptors (Lipinski definition) is 3. The van der Waals surface area contributed by atoms with E-state index in [1.165, 1.54) is 0 Å². The predicted molar refractivity (Wildman–Crippen MR) is 76.7 cm³/mol. The van der Waals surface area contributed by atoms with E-state index in [4.69, 9.17) is 11.6 Å². The summed E-state index contributed by atoms with van der Waals surface area (Å²) < 4.78 is 1.59. The number of aromatic nitrogens is 2. The van der Waals surface area contributed by atoms with Crippen molar-refractivity contribution in [3.63, 3.8) is 0 Å². The molecule has 1 aromatic heterocycles. The van der Waals surface area contributed by atoms with Crippen LogP contribution < -0.4 is 0 Å². The fourth-order valence-electron chi connectivity index (χ4n) is 2.14. The quantitative estimate of drug-likeness (QED) is 0.812. The zero-order chi connectivity index (χ0) is 14.7. The fourth-order valence-corrected chi connectivity index (χ4v) is 2.38. The van der Waals surface area contributed by atoms with Gasteiger partial charge in [-0.25, -0.2) is 0 Å². The molecule has 0 amide bonds. The fraction of sp³-hybridized carbons (Fsp3) is 0.267. The van der Waals surface area contributed by atoms with Gasteiger partial charge in [0.05, 0.1) is 17.3 Å². The highest BCUT2D eigenvalue weighted by Crippen LogP contribution is 2.27. The molecule has 0 aliphatic heterocycles. The van der Waals surface area contributed by atoms with E-state index in [0.717, 1.165) is 0 Å². The van der Waals surface area contributed by atoms with E-state index in [9.17, 15) is 10.1 Å². The van der Waals surface area contributed by atoms with E-state index in [1.807, 2.05) is 13.0 Å². The third kappa shape index (κ3) is 2.59. The van der Waals surface area contributed by atoms with Gasteiger partial charge in [-0.2, -0.15) is 10.4 Å². The molecular formula is C15H14ClN3O. The molecule has 0 saturated heterocycles. The lowest BCUT2D eigenvalue weighted by molar-refractivity contribution is 0.0978. The number of halogens is 1. The summed E-state index contributed by atoms with van der Waals surface area (Å²) in [4.78, 5) is 12.6. The topological polar surface area (TPSA) is 58.7 Å². The third-order valence-electron chi connectivity index (χ3n) is 3.11. The van der Waals surface area contributed by atoms with Crippen molar-refractivity contribution in [1.82, 2.24) is 9.78 Å². The summed E-state index contributed by atoms with van der Waals surface area (Å²) in [6.45, 7) is 1.93. The molecule has 5 heteroatoms. The van der Waals surface area contributed by atoms with E-state index in [-0.39, 0.29) is 5.78 Å². The highest BCUT2D eigenvalue weighted by molar-refractivity contribution is 6.31. The lowest BCUT2D eigenvalue weighted by atomic mass is 9.91. The van der Waals surface area contributed by atoms with Gasteiger partial charge >= 0.3 is 0 Å². The molecule has 0 saturated carbocycles. The molecule has 0 radical (unpaired) electrons. The van der Waals surface area contributed by atoms with E-state index in [2.05, 4.69) is 5.10 Å². The van der Waals surface area contributed by atoms with Crippen LogP contribution in [-0.4, -0.2) is 15.6 Å². The standard InChI is InChI=1S/C15H14ClN3O/c1-3-14-12(9-19(2)18-14)15(20)11(8-17)10-6-4-5-7-13(10)16/h4-7,9,11H,3H2,1-2H3. The van der Waals surface area contributed by atoms with Crippen LogP contribution in [0.15, 0.2) is 30.5 Å². The van der Waals surface area contributed by atoms with Gasteiger partial charge in [-0.15, -0.1) is 0 Å². The van der Waals surface area contributed by atoms with Crippen LogP contribution >= 0.6 is 11.6 Å². The molecule has 2 aromatic rings. The molecule has 0 aliphatic carbocycles. The van der Waals surface area contributed by atoms with E-state index >= 15 is 0 Å². The molecule has 0 aliphatic rings. The maximum absolute atomic E-state index is 12.6. The second kappa shape index (κ2) is 5.89. The zero-order valence-corrected chi connectivity index (χ0v) is 12.1. The van der Waals surface area contributed by atoms with Gasteiger partial charge in [0.25, 0.3) is 0 Å². The Morgan fingerprint density at radius 2 is 2.20 bits per heavy atom. The molecule has 1 heterocycles. The highest BCUT2D eigenvalue weighted by atomic mass is 35.5. The highest BCUT2D eigenvalue weighted by Gasteiger charge is 2.26. The summed E-state index contributed by atoms with van der Waals surface area (Å²) in [6.07, 6.45) is 2.30. The normalized spacial score (nSPS) is 11.9. The number of hydrogen-bond donors (Lipinski definition) is 0. The first-order valence-corrected chi connectivity index (χ1v) is 6.67. The lowest BCUT2D eigenvalue weighted by Gasteiger charge is -2.09. The first-order chi connectivity index (χ1) is 9.58. The SMILES string of the molecule is CCc1nn(C)cc1C(=O)C(C#N)c1ccccc1Cl. The van der Waals surface area contributed by atoms with Gasteiger partial charge in [-0.1, -0.05) is 36.7 Å². The Morgan fingerprint density at radius 3 is 2.80 bits per heavy atom. The van der Waals surface area contributed by atoms with Crippen LogP contribution in [0.25, 0.3) is 0 Å². The zero-order valence-electron chi connectivity index (χ0n) is 11.3. The van der Waals surface area contributed by atoms with Gasteiger partial charge in [0.2, 0.25) is 0 Å². The first kappa shape index (κ1) is 14.3. The molecule has 1 unspecified atom stereocenters. The number of aryl methyl sites for hydroxylation is 2. The molecule has 1 aromatic carbocycles. The van der Waals surface area contributed by atoms with Gasteiger partial charge in [-0.3, -0.25) is 9.48 Å². The second-order valence-corrected chi connectivity index (χ2v) is 4.87. The summed E-state index contributed by atoms with van der Waals surface area (Å²) >= 11 is 6.08. The number of benzene rings is 1. The smallest absolute Gasteiger partial charge is 0.187 e. The van der Waals surface area contributed by atoms with Gasteiger partial charge in [-0.05, 0) is 18.1 Å². The molecule has 0 N–H and O–H groups in total. The summed E-state index contributed by atoms with van der Waals surface area (Å²) in [5.41, 5.74) is 1.72. The van der Waals surface area contributed by atoms with Gasteiger partial charge < -0.3 is 0 Å². The summed E-state index contributed by atoms with van der Waals surface area (Å²) in [5.74, 6) is -1.16. The molecular weight excluding hydrogens is 274 g/mol. The van der Waals surface area contributed by atoms with Crippen molar-refractivity contribution >= 4 is 17.4 Å². The Morgan fingerprint density at radius 1 is 1.50 bits per heavy atom. The van der Waals surface area contributed by atoms with Crippen LogP contribution in [-0.2, 0) is 13.5 Å². The Labute approximate surface area is 122 Å². The van der Waals surface area contributed by atoms with Crippen LogP contribution in [0.5, 0.6) is 0 Å². The maximum Gasteiger partial charge on any atom is 0.187 e. The van der Waals surface area contributed by atoms with E-state index in [0.29, 0.717) is 28.3 Å². The minimum absolute atomic E-state index is 0.259. The Kier molecular flexibility index (Phi) is 4.21. The molecule has 1 atom stereocenters. The van der Waals surface area contributed by atoms with Crippen molar-refractivity contribution in [2.75, 3.05) is 0 Å². The average Bonchev–Trinajstić information content (AvgIpc) is 2.82. The van der Waals surface area contributed by atoms with Crippen LogP contribution in [0.2, 0.25) is 5.02 Å². The molecule has 0 fully saturated rings. The molecule has 4 nitrogen and oxygen atoms in total. The predicted octanol–water partition coefficient (Wildman–Crippen LogP) is 3.13. The molecule has 2 rings (SSSR count). The molecule has 102 valence electrons. The Hall–Kier alpha value is -2.12. The van der Waals surface area contributed by atoms with Crippen molar-refractivity contribution in [1.29, 1.82) is 5.26 Å². The minimum Gasteiger partial charge on any atom is -0.292 e. The largest absolute Gasteiger partial charge is 0.292 e. The second-order valence-electron chi connectivity index (χ2n) is 4.46. The molecule has 0 bridgehead atoms. The number of Topliss-reactive ketones (excluding diaryl/α,β-unsaturated/α-hetero) is 1. The molecule has 0 spiro atoms. The van der Waals surface area contributed by atoms with Crippen molar-refractivity contribution in [3.8, 4) is 6.07 Å². The molecule has 20 heavy (non-hydrogen) atoms. The van der Waals surface area contributed by atoms with E-state index in [1.54, 1.807) is 42.2 Å². The van der Waals surface area contributed by atoms with Crippen molar-refractivity contribution in [3.05, 3.63) is 52.3 Å². The van der Waals surface area contributed by atoms with E-state index < -0.39 is 5.92 Å². The monoisotopic (exact) mass is 287 g/mol. The van der Waals surface area contributed by atoms with Gasteiger partial charge in [0, 0.05) is 18.3 Å². The van der Waals surface area contributed by atoms with Gasteiger partial charge in [0.1, 0.15) is 5.92 Å². The van der Waals surface area contributed by atoms with Crippen molar-refractivity contribution in [2.24, 2.45) is 7.05 Å². The first-order valence-electron chi connectivity index (χ1n) is 6.29. The van der Waals surface area contributed by atoms with Crippen LogP contribution in [0, 0.1) is 11.3 Å². The van der Waals surface area contributed by atoms with Gasteiger partial charge in [0.15, 0.2) is 5.78 Å². The Bertz CT molecular complexity index is 685. The van der Waals surface area contributed by atoms with Crippen LogP contribution in [0.3, 0.4) is 0 Å². The van der Waals surface area contributed by atoms with Crippen molar-refractivity contribution < 1.29 is 4.79 Å². The number of nitrogens with zero attached hydrogens (tertiary/aromatic N) is 3. The number of rotatable bonds is 4. The number of nitriles is 1. The van der Waals surface area contributed by atoms with Crippen molar-refractivity contribution in [2.45, 2.75) is 19.3 Å². The third-order valence-corrected chi connectivity index (χ3v) is 3.46. The summed E-state index contributed by atoms with van der Waals surface area (Å²) in [6, 6.07) is 8.97. The number of carbonyl (C=O) groups excluding carboxylic acids is 1. The van der Waals surface area contributed by atoms with Crippen LogP contribution in [0.1, 0.15) is 34.5 Å². The summed E-state index contributed by atoms with van der Waals surface area (Å²) in [5, 5.41) is 14.0. The lowest BCUT2D eigenvalue weighted by Crippen LogP contribution is -2.13.